The quantitative estimate of drug-likeness (QED) is 0.556. The number of hydrogen-bond donors (Lipinski definition) is 1. The number of benzene rings is 3. The molecule has 156 valence electrons. The summed E-state index contributed by atoms with van der Waals surface area (Å²) in [5, 5.41) is 3.78. The number of nitrogens with one attached hydrogen (secondary N) is 1. The maximum Gasteiger partial charge on any atom is 0.264 e. The van der Waals surface area contributed by atoms with E-state index >= 15 is 0 Å². The van der Waals surface area contributed by atoms with Gasteiger partial charge in [-0.15, -0.1) is 0 Å². The summed E-state index contributed by atoms with van der Waals surface area (Å²) in [6, 6.07) is 18.1. The number of carbonyl (C=O) groups is 1. The molecule has 0 aliphatic heterocycles. The van der Waals surface area contributed by atoms with Crippen LogP contribution in [0.3, 0.4) is 0 Å². The molecule has 0 atom stereocenters. The number of rotatable bonds is 6. The van der Waals surface area contributed by atoms with E-state index in [0.717, 1.165) is 11.1 Å². The molecule has 3 aromatic carbocycles. The van der Waals surface area contributed by atoms with E-state index in [1.165, 1.54) is 11.4 Å². The van der Waals surface area contributed by atoms with Crippen LogP contribution in [0, 0.1) is 6.92 Å². The van der Waals surface area contributed by atoms with Gasteiger partial charge in [0.1, 0.15) is 0 Å². The van der Waals surface area contributed by atoms with Gasteiger partial charge in [0, 0.05) is 29.2 Å². The number of amides is 1. The maximum atomic E-state index is 12.8. The predicted molar refractivity (Wildman–Crippen MR) is 121 cm³/mol. The lowest BCUT2D eigenvalue weighted by molar-refractivity contribution is 0.0951. The first-order valence-corrected chi connectivity index (χ1v) is 11.3. The Morgan fingerprint density at radius 3 is 2.20 bits per heavy atom. The summed E-state index contributed by atoms with van der Waals surface area (Å²) in [7, 11) is -2.21. The van der Waals surface area contributed by atoms with Gasteiger partial charge in [0.25, 0.3) is 15.9 Å². The minimum atomic E-state index is -3.69. The third-order valence-electron chi connectivity index (χ3n) is 4.63. The average molecular weight is 463 g/mol. The molecule has 0 unspecified atom stereocenters. The van der Waals surface area contributed by atoms with Crippen molar-refractivity contribution in [3.63, 3.8) is 0 Å². The highest BCUT2D eigenvalue weighted by Crippen LogP contribution is 2.23. The molecule has 1 N–H and O–H groups in total. The molecule has 0 saturated carbocycles. The highest BCUT2D eigenvalue weighted by atomic mass is 35.5. The summed E-state index contributed by atoms with van der Waals surface area (Å²) in [6.45, 7) is 2.14. The number of aryl methyl sites for hydroxylation is 1. The van der Waals surface area contributed by atoms with E-state index in [-0.39, 0.29) is 17.3 Å². The zero-order valence-corrected chi connectivity index (χ0v) is 18.7. The van der Waals surface area contributed by atoms with Crippen LogP contribution in [0.1, 0.15) is 21.5 Å². The first kappa shape index (κ1) is 22.2. The lowest BCUT2D eigenvalue weighted by Crippen LogP contribution is -2.27. The highest BCUT2D eigenvalue weighted by molar-refractivity contribution is 7.92. The second-order valence-electron chi connectivity index (χ2n) is 6.75. The van der Waals surface area contributed by atoms with Crippen LogP contribution in [-0.4, -0.2) is 21.4 Å². The van der Waals surface area contributed by atoms with Crippen LogP contribution < -0.4 is 9.62 Å². The van der Waals surface area contributed by atoms with Crippen molar-refractivity contribution in [1.29, 1.82) is 0 Å². The van der Waals surface area contributed by atoms with Gasteiger partial charge in [0.15, 0.2) is 0 Å². The Morgan fingerprint density at radius 2 is 1.60 bits per heavy atom. The van der Waals surface area contributed by atoms with Crippen molar-refractivity contribution in [2.45, 2.75) is 18.4 Å². The van der Waals surface area contributed by atoms with Crippen LogP contribution in [0.5, 0.6) is 0 Å². The zero-order chi connectivity index (χ0) is 21.9. The van der Waals surface area contributed by atoms with Crippen LogP contribution >= 0.6 is 23.2 Å². The first-order chi connectivity index (χ1) is 14.2. The van der Waals surface area contributed by atoms with Crippen molar-refractivity contribution < 1.29 is 13.2 Å². The van der Waals surface area contributed by atoms with Gasteiger partial charge in [-0.2, -0.15) is 0 Å². The molecule has 0 bridgehead atoms. The molecule has 0 fully saturated rings. The van der Waals surface area contributed by atoms with E-state index < -0.39 is 10.0 Å². The molecule has 0 aromatic heterocycles. The molecule has 0 heterocycles. The fourth-order valence-corrected chi connectivity index (χ4v) is 4.44. The minimum Gasteiger partial charge on any atom is -0.348 e. The fourth-order valence-electron chi connectivity index (χ4n) is 2.77. The Bertz CT molecular complexity index is 1160. The van der Waals surface area contributed by atoms with Gasteiger partial charge in [-0.05, 0) is 61.0 Å². The topological polar surface area (TPSA) is 66.5 Å². The maximum absolute atomic E-state index is 12.8. The van der Waals surface area contributed by atoms with E-state index in [0.29, 0.717) is 21.3 Å². The number of carbonyl (C=O) groups excluding carboxylic acids is 1. The molecular formula is C22H20Cl2N2O3S. The van der Waals surface area contributed by atoms with E-state index in [1.807, 2.05) is 6.92 Å². The standard InChI is InChI=1S/C22H20Cl2N2O3S/c1-15-3-11-20(12-4-15)30(28,29)26(2)19-9-6-16(7-10-19)22(27)25-14-17-5-8-18(23)13-21(17)24/h3-13H,14H2,1-2H3,(H,25,27). The van der Waals surface area contributed by atoms with Crippen molar-refractivity contribution >= 4 is 44.8 Å². The highest BCUT2D eigenvalue weighted by Gasteiger charge is 2.21. The predicted octanol–water partition coefficient (Wildman–Crippen LogP) is 5.06. The number of halogens is 2. The number of sulfonamides is 1. The van der Waals surface area contributed by atoms with Gasteiger partial charge in [0.2, 0.25) is 0 Å². The monoisotopic (exact) mass is 462 g/mol. The summed E-state index contributed by atoms with van der Waals surface area (Å²) in [6.07, 6.45) is 0. The summed E-state index contributed by atoms with van der Waals surface area (Å²) < 4.78 is 26.8. The normalized spacial score (nSPS) is 11.2. The smallest absolute Gasteiger partial charge is 0.264 e. The molecular weight excluding hydrogens is 443 g/mol. The van der Waals surface area contributed by atoms with Gasteiger partial charge in [-0.25, -0.2) is 8.42 Å². The second kappa shape index (κ2) is 9.08. The summed E-state index contributed by atoms with van der Waals surface area (Å²) >= 11 is 12.0. The Balaban J connectivity index is 1.70. The third kappa shape index (κ3) is 4.95. The Kier molecular flexibility index (Phi) is 6.71. The molecule has 30 heavy (non-hydrogen) atoms. The third-order valence-corrected chi connectivity index (χ3v) is 7.01. The van der Waals surface area contributed by atoms with Crippen molar-refractivity contribution in [1.82, 2.24) is 5.32 Å². The van der Waals surface area contributed by atoms with Crippen molar-refractivity contribution in [2.24, 2.45) is 0 Å². The van der Waals surface area contributed by atoms with E-state index in [2.05, 4.69) is 5.32 Å². The molecule has 0 spiro atoms. The molecule has 0 aliphatic carbocycles. The average Bonchev–Trinajstić information content (AvgIpc) is 2.73. The zero-order valence-electron chi connectivity index (χ0n) is 16.4. The molecule has 1 amide bonds. The Hall–Kier alpha value is -2.54. The van der Waals surface area contributed by atoms with Crippen LogP contribution in [0.4, 0.5) is 5.69 Å². The summed E-state index contributed by atoms with van der Waals surface area (Å²) in [5.74, 6) is -0.295. The molecule has 8 heteroatoms. The van der Waals surface area contributed by atoms with E-state index in [1.54, 1.807) is 66.7 Å². The largest absolute Gasteiger partial charge is 0.348 e. The van der Waals surface area contributed by atoms with E-state index in [4.69, 9.17) is 23.2 Å². The minimum absolute atomic E-state index is 0.206. The first-order valence-electron chi connectivity index (χ1n) is 9.06. The molecule has 0 aliphatic rings. The van der Waals surface area contributed by atoms with Crippen LogP contribution in [0.2, 0.25) is 10.0 Å². The van der Waals surface area contributed by atoms with Crippen LogP contribution in [0.15, 0.2) is 71.6 Å². The number of nitrogens with zero attached hydrogens (tertiary/aromatic N) is 1. The van der Waals surface area contributed by atoms with Crippen molar-refractivity contribution in [3.8, 4) is 0 Å². The lowest BCUT2D eigenvalue weighted by Gasteiger charge is -2.20. The second-order valence-corrected chi connectivity index (χ2v) is 9.56. The number of hydrogen-bond acceptors (Lipinski definition) is 3. The van der Waals surface area contributed by atoms with E-state index in [9.17, 15) is 13.2 Å². The van der Waals surface area contributed by atoms with Crippen LogP contribution in [-0.2, 0) is 16.6 Å². The van der Waals surface area contributed by atoms with Gasteiger partial charge < -0.3 is 5.32 Å². The Labute approximate surface area is 186 Å². The molecule has 0 saturated heterocycles. The number of anilines is 1. The van der Waals surface area contributed by atoms with Crippen molar-refractivity contribution in [3.05, 3.63) is 93.5 Å². The lowest BCUT2D eigenvalue weighted by atomic mass is 10.1. The van der Waals surface area contributed by atoms with Gasteiger partial charge >= 0.3 is 0 Å². The van der Waals surface area contributed by atoms with Gasteiger partial charge in [0.05, 0.1) is 10.6 Å². The molecule has 3 rings (SSSR count). The van der Waals surface area contributed by atoms with Crippen LogP contribution in [0.25, 0.3) is 0 Å². The van der Waals surface area contributed by atoms with Gasteiger partial charge in [-0.3, -0.25) is 9.10 Å². The summed E-state index contributed by atoms with van der Waals surface area (Å²) in [5.41, 5.74) is 2.58. The SMILES string of the molecule is Cc1ccc(S(=O)(=O)N(C)c2ccc(C(=O)NCc3ccc(Cl)cc3Cl)cc2)cc1. The molecule has 3 aromatic rings. The molecule has 0 radical (unpaired) electrons. The summed E-state index contributed by atoms with van der Waals surface area (Å²) in [4.78, 5) is 12.6. The fraction of sp³-hybridized carbons (Fsp3) is 0.136. The Morgan fingerprint density at radius 1 is 0.967 bits per heavy atom. The molecule has 5 nitrogen and oxygen atoms in total. The van der Waals surface area contributed by atoms with Crippen molar-refractivity contribution in [2.75, 3.05) is 11.4 Å². The van der Waals surface area contributed by atoms with Gasteiger partial charge in [-0.1, -0.05) is 47.0 Å².